The van der Waals surface area contributed by atoms with E-state index in [1.807, 2.05) is 13.0 Å². The molecule has 5 heteroatoms. The molecule has 1 aromatic rings. The van der Waals surface area contributed by atoms with Gasteiger partial charge in [0.15, 0.2) is 0 Å². The van der Waals surface area contributed by atoms with Crippen LogP contribution in [0.1, 0.15) is 34.3 Å². The lowest BCUT2D eigenvalue weighted by Gasteiger charge is -2.14. The van der Waals surface area contributed by atoms with Gasteiger partial charge in [-0.15, -0.1) is 11.3 Å². The summed E-state index contributed by atoms with van der Waals surface area (Å²) in [5.41, 5.74) is 0. The van der Waals surface area contributed by atoms with E-state index >= 15 is 0 Å². The third-order valence-electron chi connectivity index (χ3n) is 3.34. The van der Waals surface area contributed by atoms with Crippen molar-refractivity contribution in [3.63, 3.8) is 0 Å². The van der Waals surface area contributed by atoms with Crippen molar-refractivity contribution in [3.05, 3.63) is 21.9 Å². The smallest absolute Gasteiger partial charge is 0.261 e. The maximum absolute atomic E-state index is 12.0. The van der Waals surface area contributed by atoms with E-state index in [9.17, 15) is 4.79 Å². The van der Waals surface area contributed by atoms with Gasteiger partial charge in [0.2, 0.25) is 0 Å². The van der Waals surface area contributed by atoms with E-state index in [0.717, 1.165) is 17.9 Å². The summed E-state index contributed by atoms with van der Waals surface area (Å²) in [4.78, 5) is 13.5. The first-order chi connectivity index (χ1) is 9.70. The number of ether oxygens (including phenoxy) is 1. The number of hydrogen-bond acceptors (Lipinski definition) is 4. The van der Waals surface area contributed by atoms with Gasteiger partial charge < -0.3 is 15.2 Å². The minimum Gasteiger partial charge on any atom is -0.395 e. The van der Waals surface area contributed by atoms with Crippen molar-refractivity contribution in [2.45, 2.75) is 25.9 Å². The summed E-state index contributed by atoms with van der Waals surface area (Å²) in [6.07, 6.45) is 1.68. The van der Waals surface area contributed by atoms with Gasteiger partial charge in [0, 0.05) is 25.5 Å². The fourth-order valence-corrected chi connectivity index (χ4v) is 2.88. The van der Waals surface area contributed by atoms with E-state index in [1.54, 1.807) is 6.07 Å². The highest BCUT2D eigenvalue weighted by molar-refractivity contribution is 7.14. The van der Waals surface area contributed by atoms with Crippen LogP contribution in [-0.4, -0.2) is 36.9 Å². The molecule has 0 spiro atoms. The zero-order chi connectivity index (χ0) is 14.4. The molecule has 108 valence electrons. The van der Waals surface area contributed by atoms with Gasteiger partial charge in [0.25, 0.3) is 5.91 Å². The Kier molecular flexibility index (Phi) is 5.60. The molecule has 1 amide bonds. The molecule has 0 bridgehead atoms. The highest BCUT2D eigenvalue weighted by Gasteiger charge is 2.24. The third kappa shape index (κ3) is 4.07. The quantitative estimate of drug-likeness (QED) is 0.830. The van der Waals surface area contributed by atoms with Crippen LogP contribution in [-0.2, 0) is 4.74 Å². The maximum Gasteiger partial charge on any atom is 0.261 e. The molecule has 1 saturated heterocycles. The van der Waals surface area contributed by atoms with Crippen molar-refractivity contribution in [3.8, 4) is 11.8 Å². The van der Waals surface area contributed by atoms with E-state index < -0.39 is 0 Å². The molecule has 0 aromatic carbocycles. The molecule has 1 aromatic heterocycles. The van der Waals surface area contributed by atoms with Crippen molar-refractivity contribution in [2.24, 2.45) is 5.92 Å². The molecule has 2 atom stereocenters. The number of rotatable bonds is 4. The molecule has 20 heavy (non-hydrogen) atoms. The van der Waals surface area contributed by atoms with Crippen LogP contribution in [0.5, 0.6) is 0 Å². The Morgan fingerprint density at radius 1 is 1.60 bits per heavy atom. The first kappa shape index (κ1) is 15.0. The van der Waals surface area contributed by atoms with Gasteiger partial charge in [-0.05, 0) is 25.5 Å². The molecular formula is C15H19NO3S. The summed E-state index contributed by atoms with van der Waals surface area (Å²) >= 11 is 1.38. The summed E-state index contributed by atoms with van der Waals surface area (Å²) in [6, 6.07) is 3.63. The number of hydrogen-bond donors (Lipinski definition) is 2. The molecule has 2 heterocycles. The Labute approximate surface area is 123 Å². The summed E-state index contributed by atoms with van der Waals surface area (Å²) < 4.78 is 5.48. The van der Waals surface area contributed by atoms with E-state index in [2.05, 4.69) is 17.2 Å². The summed E-state index contributed by atoms with van der Waals surface area (Å²) in [6.45, 7) is 3.55. The minimum absolute atomic E-state index is 0.0516. The predicted molar refractivity (Wildman–Crippen MR) is 78.8 cm³/mol. The van der Waals surface area contributed by atoms with E-state index in [-0.39, 0.29) is 18.6 Å². The Hall–Kier alpha value is -1.35. The second-order valence-electron chi connectivity index (χ2n) is 4.77. The van der Waals surface area contributed by atoms with Crippen LogP contribution in [0.4, 0.5) is 0 Å². The van der Waals surface area contributed by atoms with Crippen molar-refractivity contribution >= 4 is 17.2 Å². The topological polar surface area (TPSA) is 58.6 Å². The molecule has 2 rings (SSSR count). The Bertz CT molecular complexity index is 515. The highest BCUT2D eigenvalue weighted by atomic mass is 32.1. The van der Waals surface area contributed by atoms with Crippen LogP contribution in [0, 0.1) is 17.8 Å². The van der Waals surface area contributed by atoms with Gasteiger partial charge in [-0.2, -0.15) is 0 Å². The van der Waals surface area contributed by atoms with Gasteiger partial charge in [0.05, 0.1) is 22.5 Å². The van der Waals surface area contributed by atoms with Gasteiger partial charge in [-0.25, -0.2) is 0 Å². The van der Waals surface area contributed by atoms with Crippen LogP contribution in [0.15, 0.2) is 12.1 Å². The van der Waals surface area contributed by atoms with Gasteiger partial charge in [-0.3, -0.25) is 4.79 Å². The first-order valence-electron chi connectivity index (χ1n) is 6.80. The second-order valence-corrected chi connectivity index (χ2v) is 5.86. The molecule has 2 unspecified atom stereocenters. The maximum atomic E-state index is 12.0. The Balaban J connectivity index is 1.85. The van der Waals surface area contributed by atoms with Crippen molar-refractivity contribution in [1.82, 2.24) is 5.32 Å². The molecule has 0 radical (unpaired) electrons. The SMILES string of the molecule is CC1OCCC1CNC(=O)c1ccc(C#CCCO)s1. The molecule has 1 aliphatic rings. The molecule has 1 fully saturated rings. The average Bonchev–Trinajstić information content (AvgIpc) is 3.06. The summed E-state index contributed by atoms with van der Waals surface area (Å²) in [5, 5.41) is 11.6. The Morgan fingerprint density at radius 2 is 2.45 bits per heavy atom. The van der Waals surface area contributed by atoms with Gasteiger partial charge in [0.1, 0.15) is 0 Å². The van der Waals surface area contributed by atoms with E-state index in [4.69, 9.17) is 9.84 Å². The highest BCUT2D eigenvalue weighted by Crippen LogP contribution is 2.20. The fourth-order valence-electron chi connectivity index (χ4n) is 2.09. The second kappa shape index (κ2) is 7.44. The normalized spacial score (nSPS) is 21.3. The lowest BCUT2D eigenvalue weighted by atomic mass is 10.0. The molecule has 0 saturated carbocycles. The van der Waals surface area contributed by atoms with Crippen molar-refractivity contribution < 1.29 is 14.6 Å². The van der Waals surface area contributed by atoms with Crippen LogP contribution in [0.3, 0.4) is 0 Å². The Morgan fingerprint density at radius 3 is 3.15 bits per heavy atom. The first-order valence-corrected chi connectivity index (χ1v) is 7.61. The van der Waals surface area contributed by atoms with Gasteiger partial charge >= 0.3 is 0 Å². The number of nitrogens with one attached hydrogen (secondary N) is 1. The average molecular weight is 293 g/mol. The summed E-state index contributed by atoms with van der Waals surface area (Å²) in [5.74, 6) is 6.14. The van der Waals surface area contributed by atoms with E-state index in [1.165, 1.54) is 11.3 Å². The van der Waals surface area contributed by atoms with Crippen LogP contribution < -0.4 is 5.32 Å². The van der Waals surface area contributed by atoms with Crippen molar-refractivity contribution in [2.75, 3.05) is 19.8 Å². The molecule has 1 aliphatic heterocycles. The van der Waals surface area contributed by atoms with Crippen LogP contribution in [0.25, 0.3) is 0 Å². The van der Waals surface area contributed by atoms with Crippen molar-refractivity contribution in [1.29, 1.82) is 0 Å². The number of carbonyl (C=O) groups is 1. The summed E-state index contributed by atoms with van der Waals surface area (Å²) in [7, 11) is 0. The molecule has 2 N–H and O–H groups in total. The standard InChI is InChI=1S/C15H19NO3S/c1-11-12(7-9-19-11)10-16-15(18)14-6-5-13(20-14)4-2-3-8-17/h5-6,11-12,17H,3,7-10H2,1H3,(H,16,18). The zero-order valence-corrected chi connectivity index (χ0v) is 12.3. The number of amides is 1. The van der Waals surface area contributed by atoms with Gasteiger partial charge in [-0.1, -0.05) is 11.8 Å². The van der Waals surface area contributed by atoms with E-state index in [0.29, 0.717) is 23.8 Å². The fraction of sp³-hybridized carbons (Fsp3) is 0.533. The lowest BCUT2D eigenvalue weighted by Crippen LogP contribution is -2.31. The lowest BCUT2D eigenvalue weighted by molar-refractivity contribution is 0.0910. The monoisotopic (exact) mass is 293 g/mol. The minimum atomic E-state index is -0.0516. The zero-order valence-electron chi connectivity index (χ0n) is 11.5. The van der Waals surface area contributed by atoms with Crippen LogP contribution in [0.2, 0.25) is 0 Å². The molecule has 0 aliphatic carbocycles. The number of aliphatic hydroxyl groups excluding tert-OH is 1. The predicted octanol–water partition coefficient (Wildman–Crippen LogP) is 1.64. The number of carbonyl (C=O) groups excluding carboxylic acids is 1. The number of thiophene rings is 1. The molecule has 4 nitrogen and oxygen atoms in total. The number of aliphatic hydroxyl groups is 1. The van der Waals surface area contributed by atoms with Crippen LogP contribution >= 0.6 is 11.3 Å². The third-order valence-corrected chi connectivity index (χ3v) is 4.34. The molecular weight excluding hydrogens is 274 g/mol. The largest absolute Gasteiger partial charge is 0.395 e.